The Hall–Kier alpha value is -1.96. The zero-order chi connectivity index (χ0) is 14.7. The number of carbonyl (C=O) groups excluding carboxylic acids is 1. The molecule has 1 aliphatic rings. The highest BCUT2D eigenvalue weighted by atomic mass is 16.2. The van der Waals surface area contributed by atoms with E-state index < -0.39 is 0 Å². The van der Waals surface area contributed by atoms with Crippen LogP contribution in [0.2, 0.25) is 0 Å². The molecule has 5 nitrogen and oxygen atoms in total. The molecule has 0 bridgehead atoms. The molecular weight excluding hydrogens is 252 g/mol. The Morgan fingerprint density at radius 3 is 2.90 bits per heavy atom. The molecule has 2 N–H and O–H groups in total. The number of nitrogens with two attached hydrogens (primary N) is 1. The van der Waals surface area contributed by atoms with Gasteiger partial charge in [0.25, 0.3) is 0 Å². The Bertz CT molecular complexity index is 541. The zero-order valence-corrected chi connectivity index (χ0v) is 12.2. The molecule has 1 aromatic rings. The maximum atomic E-state index is 12.5. The van der Waals surface area contributed by atoms with E-state index >= 15 is 0 Å². The van der Waals surface area contributed by atoms with Crippen LogP contribution in [0.4, 0.5) is 5.69 Å². The van der Waals surface area contributed by atoms with Gasteiger partial charge in [-0.3, -0.25) is 4.79 Å². The Morgan fingerprint density at radius 2 is 2.30 bits per heavy atom. The number of anilines is 1. The van der Waals surface area contributed by atoms with E-state index in [2.05, 4.69) is 13.0 Å². The number of carbonyl (C=O) groups is 1. The van der Waals surface area contributed by atoms with Crippen molar-refractivity contribution in [3.8, 4) is 6.07 Å². The highest BCUT2D eigenvalue weighted by Gasteiger charge is 2.24. The van der Waals surface area contributed by atoms with Gasteiger partial charge in [0, 0.05) is 18.3 Å². The first kappa shape index (κ1) is 14.4. The molecule has 0 spiro atoms. The van der Waals surface area contributed by atoms with Crippen LogP contribution in [0.25, 0.3) is 0 Å². The quantitative estimate of drug-likeness (QED) is 0.914. The van der Waals surface area contributed by atoms with Crippen LogP contribution in [0.1, 0.15) is 44.5 Å². The molecule has 0 aliphatic carbocycles. The minimum absolute atomic E-state index is 0.0824. The summed E-state index contributed by atoms with van der Waals surface area (Å²) in [4.78, 5) is 14.4. The van der Waals surface area contributed by atoms with E-state index in [4.69, 9.17) is 5.73 Å². The van der Waals surface area contributed by atoms with Gasteiger partial charge in [-0.05, 0) is 38.7 Å². The van der Waals surface area contributed by atoms with E-state index in [1.165, 1.54) is 6.42 Å². The maximum absolute atomic E-state index is 12.5. The Morgan fingerprint density at radius 1 is 1.55 bits per heavy atom. The van der Waals surface area contributed by atoms with Crippen molar-refractivity contribution >= 4 is 11.6 Å². The molecule has 1 aromatic heterocycles. The van der Waals surface area contributed by atoms with Gasteiger partial charge in [-0.25, -0.2) is 0 Å². The van der Waals surface area contributed by atoms with Crippen molar-refractivity contribution in [1.29, 1.82) is 5.26 Å². The van der Waals surface area contributed by atoms with Gasteiger partial charge in [0.15, 0.2) is 0 Å². The lowest BCUT2D eigenvalue weighted by Crippen LogP contribution is -2.43. The maximum Gasteiger partial charge on any atom is 0.242 e. The van der Waals surface area contributed by atoms with Crippen LogP contribution in [-0.2, 0) is 17.8 Å². The molecule has 1 saturated heterocycles. The number of likely N-dealkylation sites (tertiary alicyclic amines) is 1. The van der Waals surface area contributed by atoms with Crippen molar-refractivity contribution in [2.45, 2.75) is 52.1 Å². The number of rotatable bonds is 3. The van der Waals surface area contributed by atoms with Crippen LogP contribution in [0.5, 0.6) is 0 Å². The Labute approximate surface area is 120 Å². The summed E-state index contributed by atoms with van der Waals surface area (Å²) in [5.41, 5.74) is 7.86. The fourth-order valence-electron chi connectivity index (χ4n) is 2.97. The molecule has 0 radical (unpaired) electrons. The molecule has 0 aromatic carbocycles. The lowest BCUT2D eigenvalue weighted by atomic mass is 10.0. The number of nitrogens with zero attached hydrogens (tertiary/aromatic N) is 3. The fraction of sp³-hybridized carbons (Fsp3) is 0.600. The average molecular weight is 274 g/mol. The van der Waals surface area contributed by atoms with Gasteiger partial charge in [0.05, 0.1) is 5.69 Å². The molecule has 5 heteroatoms. The molecule has 1 aliphatic heterocycles. The Balaban J connectivity index is 2.21. The van der Waals surface area contributed by atoms with Gasteiger partial charge in [-0.1, -0.05) is 6.92 Å². The first-order valence-corrected chi connectivity index (χ1v) is 7.26. The van der Waals surface area contributed by atoms with E-state index in [-0.39, 0.29) is 12.5 Å². The van der Waals surface area contributed by atoms with Gasteiger partial charge in [-0.15, -0.1) is 0 Å². The van der Waals surface area contributed by atoms with Crippen molar-refractivity contribution < 1.29 is 4.79 Å². The molecule has 108 valence electrons. The lowest BCUT2D eigenvalue weighted by Gasteiger charge is -2.33. The number of amides is 1. The van der Waals surface area contributed by atoms with E-state index in [1.54, 1.807) is 10.6 Å². The summed E-state index contributed by atoms with van der Waals surface area (Å²) in [6.45, 7) is 5.11. The number of nitrogen functional groups attached to an aromatic ring is 1. The highest BCUT2D eigenvalue weighted by molar-refractivity contribution is 5.77. The topological polar surface area (TPSA) is 75.0 Å². The predicted molar refractivity (Wildman–Crippen MR) is 78.0 cm³/mol. The summed E-state index contributed by atoms with van der Waals surface area (Å²) < 4.78 is 1.76. The summed E-state index contributed by atoms with van der Waals surface area (Å²) in [7, 11) is 0. The molecule has 20 heavy (non-hydrogen) atoms. The van der Waals surface area contributed by atoms with Crippen LogP contribution in [0, 0.1) is 11.3 Å². The van der Waals surface area contributed by atoms with Crippen LogP contribution in [-0.4, -0.2) is 28.0 Å². The molecule has 1 fully saturated rings. The van der Waals surface area contributed by atoms with Crippen LogP contribution < -0.4 is 5.73 Å². The molecule has 1 amide bonds. The van der Waals surface area contributed by atoms with E-state index in [9.17, 15) is 10.1 Å². The van der Waals surface area contributed by atoms with Gasteiger partial charge in [-0.2, -0.15) is 5.26 Å². The number of nitriles is 1. The third-order valence-electron chi connectivity index (χ3n) is 4.11. The van der Waals surface area contributed by atoms with Crippen molar-refractivity contribution in [1.82, 2.24) is 9.47 Å². The molecule has 2 heterocycles. The first-order valence-electron chi connectivity index (χ1n) is 7.26. The van der Waals surface area contributed by atoms with E-state index in [1.807, 2.05) is 11.8 Å². The minimum atomic E-state index is 0.0824. The summed E-state index contributed by atoms with van der Waals surface area (Å²) in [6, 6.07) is 4.07. The summed E-state index contributed by atoms with van der Waals surface area (Å²) in [6.07, 6.45) is 4.03. The zero-order valence-electron chi connectivity index (χ0n) is 12.2. The normalized spacial score (nSPS) is 18.9. The summed E-state index contributed by atoms with van der Waals surface area (Å²) in [5, 5.41) is 9.18. The molecular formula is C15H22N4O. The van der Waals surface area contributed by atoms with Gasteiger partial charge < -0.3 is 15.2 Å². The van der Waals surface area contributed by atoms with E-state index in [0.29, 0.717) is 17.4 Å². The van der Waals surface area contributed by atoms with Crippen molar-refractivity contribution in [2.24, 2.45) is 0 Å². The number of hydrogen-bond donors (Lipinski definition) is 1. The summed E-state index contributed by atoms with van der Waals surface area (Å²) >= 11 is 0. The summed E-state index contributed by atoms with van der Waals surface area (Å²) in [5.74, 6) is 0.0824. The van der Waals surface area contributed by atoms with Crippen LogP contribution >= 0.6 is 0 Å². The molecule has 1 unspecified atom stereocenters. The third-order valence-corrected chi connectivity index (χ3v) is 4.11. The van der Waals surface area contributed by atoms with Crippen molar-refractivity contribution in [3.63, 3.8) is 0 Å². The van der Waals surface area contributed by atoms with Crippen LogP contribution in [0.3, 0.4) is 0 Å². The predicted octanol–water partition coefficient (Wildman–Crippen LogP) is 1.91. The number of aromatic nitrogens is 1. The van der Waals surface area contributed by atoms with Gasteiger partial charge in [0.2, 0.25) is 5.91 Å². The van der Waals surface area contributed by atoms with Crippen molar-refractivity contribution in [3.05, 3.63) is 17.5 Å². The third kappa shape index (κ3) is 2.64. The fourth-order valence-corrected chi connectivity index (χ4v) is 2.97. The second kappa shape index (κ2) is 6.00. The monoisotopic (exact) mass is 274 g/mol. The number of hydrogen-bond acceptors (Lipinski definition) is 3. The van der Waals surface area contributed by atoms with Gasteiger partial charge in [0.1, 0.15) is 18.3 Å². The lowest BCUT2D eigenvalue weighted by molar-refractivity contribution is -0.135. The SMILES string of the molecule is CCc1c(N)cc(C#N)n1CC(=O)N1CCCCC1C. The molecule has 2 rings (SSSR count). The average Bonchev–Trinajstić information content (AvgIpc) is 2.74. The van der Waals surface area contributed by atoms with Crippen LogP contribution in [0.15, 0.2) is 6.07 Å². The molecule has 1 atom stereocenters. The highest BCUT2D eigenvalue weighted by Crippen LogP contribution is 2.21. The second-order valence-corrected chi connectivity index (χ2v) is 5.42. The first-order chi connectivity index (χ1) is 9.58. The van der Waals surface area contributed by atoms with E-state index in [0.717, 1.165) is 31.5 Å². The second-order valence-electron chi connectivity index (χ2n) is 5.42. The Kier molecular flexibility index (Phi) is 4.33. The standard InChI is InChI=1S/C15H22N4O/c1-3-14-13(17)8-12(9-16)19(14)10-15(20)18-7-5-4-6-11(18)2/h8,11H,3-7,10,17H2,1-2H3. The van der Waals surface area contributed by atoms with Gasteiger partial charge >= 0.3 is 0 Å². The smallest absolute Gasteiger partial charge is 0.242 e. The molecule has 0 saturated carbocycles. The number of piperidine rings is 1. The minimum Gasteiger partial charge on any atom is -0.397 e. The largest absolute Gasteiger partial charge is 0.397 e. The van der Waals surface area contributed by atoms with Crippen molar-refractivity contribution in [2.75, 3.05) is 12.3 Å².